The van der Waals surface area contributed by atoms with Crippen LogP contribution in [0.5, 0.6) is 0 Å². The Kier molecular flexibility index (Phi) is 2.56. The molecule has 0 aliphatic carbocycles. The number of nitrogens with one attached hydrogen (secondary N) is 1. The number of pyridine rings is 1. The van der Waals surface area contributed by atoms with Gasteiger partial charge in [-0.1, -0.05) is 6.92 Å². The number of hydrogen-bond donors (Lipinski definition) is 1. The van der Waals surface area contributed by atoms with Crippen molar-refractivity contribution in [2.24, 2.45) is 0 Å². The zero-order chi connectivity index (χ0) is 11.5. The summed E-state index contributed by atoms with van der Waals surface area (Å²) in [6.07, 6.45) is 3.83. The molecule has 1 N–H and O–H groups in total. The largest absolute Gasteiger partial charge is 0.297 e. The fraction of sp³-hybridized carbons (Fsp3) is 0.182. The van der Waals surface area contributed by atoms with E-state index in [2.05, 4.69) is 10.1 Å². The van der Waals surface area contributed by atoms with E-state index in [1.165, 1.54) is 10.9 Å². The Bertz CT molecular complexity index is 603. The first-order valence-corrected chi connectivity index (χ1v) is 4.92. The summed E-state index contributed by atoms with van der Waals surface area (Å²) in [7, 11) is 0. The Morgan fingerprint density at radius 1 is 1.62 bits per heavy atom. The van der Waals surface area contributed by atoms with Gasteiger partial charge in [-0.25, -0.2) is 9.67 Å². The lowest BCUT2D eigenvalue weighted by atomic mass is 10.3. The molecule has 0 aliphatic heterocycles. The fourth-order valence-electron chi connectivity index (χ4n) is 1.44. The summed E-state index contributed by atoms with van der Waals surface area (Å²) in [5.41, 5.74) is 1.05. The SMILES string of the molecule is CCc1c[nH]n(-c2cc(C#N)ccn2)c1=O. The van der Waals surface area contributed by atoms with Crippen LogP contribution in [0.3, 0.4) is 0 Å². The van der Waals surface area contributed by atoms with Gasteiger partial charge in [-0.2, -0.15) is 5.26 Å². The van der Waals surface area contributed by atoms with E-state index < -0.39 is 0 Å². The lowest BCUT2D eigenvalue weighted by molar-refractivity contribution is 0.815. The first-order valence-electron chi connectivity index (χ1n) is 4.92. The van der Waals surface area contributed by atoms with Gasteiger partial charge >= 0.3 is 0 Å². The molecule has 0 spiro atoms. The number of rotatable bonds is 2. The van der Waals surface area contributed by atoms with E-state index in [1.54, 1.807) is 18.3 Å². The number of hydrogen-bond acceptors (Lipinski definition) is 3. The van der Waals surface area contributed by atoms with Crippen molar-refractivity contribution in [3.05, 3.63) is 46.0 Å². The van der Waals surface area contributed by atoms with E-state index in [1.807, 2.05) is 13.0 Å². The van der Waals surface area contributed by atoms with Crippen LogP contribution in [-0.4, -0.2) is 14.8 Å². The highest BCUT2D eigenvalue weighted by Crippen LogP contribution is 2.03. The average Bonchev–Trinajstić information content (AvgIpc) is 2.70. The summed E-state index contributed by atoms with van der Waals surface area (Å²) in [5, 5.41) is 11.6. The maximum Gasteiger partial charge on any atom is 0.275 e. The summed E-state index contributed by atoms with van der Waals surface area (Å²) < 4.78 is 1.33. The average molecular weight is 214 g/mol. The van der Waals surface area contributed by atoms with Gasteiger partial charge in [0.15, 0.2) is 5.82 Å². The van der Waals surface area contributed by atoms with Crippen molar-refractivity contribution in [1.82, 2.24) is 14.8 Å². The van der Waals surface area contributed by atoms with E-state index in [4.69, 9.17) is 5.26 Å². The fourth-order valence-corrected chi connectivity index (χ4v) is 1.44. The standard InChI is InChI=1S/C11H10N4O/c1-2-9-7-14-15(11(9)16)10-5-8(6-12)3-4-13-10/h3-5,7,14H,2H2,1H3. The Hall–Kier alpha value is -2.35. The van der Waals surface area contributed by atoms with E-state index in [9.17, 15) is 4.79 Å². The predicted molar refractivity (Wildman–Crippen MR) is 58.3 cm³/mol. The van der Waals surface area contributed by atoms with Gasteiger partial charge in [-0.05, 0) is 12.5 Å². The van der Waals surface area contributed by atoms with Crippen LogP contribution >= 0.6 is 0 Å². The summed E-state index contributed by atoms with van der Waals surface area (Å²) in [6, 6.07) is 5.17. The quantitative estimate of drug-likeness (QED) is 0.810. The molecule has 0 unspecified atom stereocenters. The molecular formula is C11H10N4O. The molecule has 2 aromatic rings. The third-order valence-corrected chi connectivity index (χ3v) is 2.33. The second kappa shape index (κ2) is 4.03. The van der Waals surface area contributed by atoms with E-state index >= 15 is 0 Å². The summed E-state index contributed by atoms with van der Waals surface area (Å²) in [5.74, 6) is 0.434. The van der Waals surface area contributed by atoms with Crippen LogP contribution in [0.4, 0.5) is 0 Å². The molecule has 5 nitrogen and oxygen atoms in total. The molecule has 0 fully saturated rings. The molecule has 5 heteroatoms. The second-order valence-electron chi connectivity index (χ2n) is 3.31. The maximum atomic E-state index is 11.8. The number of nitrogens with zero attached hydrogens (tertiary/aromatic N) is 3. The van der Waals surface area contributed by atoms with Crippen LogP contribution in [0.15, 0.2) is 29.3 Å². The third kappa shape index (κ3) is 1.61. The molecule has 0 aromatic carbocycles. The number of aromatic amines is 1. The first kappa shape index (κ1) is 10.2. The van der Waals surface area contributed by atoms with Crippen LogP contribution in [-0.2, 0) is 6.42 Å². The molecule has 0 amide bonds. The molecule has 2 aromatic heterocycles. The van der Waals surface area contributed by atoms with Gasteiger partial charge in [0.1, 0.15) is 0 Å². The molecule has 2 rings (SSSR count). The van der Waals surface area contributed by atoms with Crippen molar-refractivity contribution >= 4 is 0 Å². The van der Waals surface area contributed by atoms with Gasteiger partial charge in [0, 0.05) is 24.0 Å². The first-order chi connectivity index (χ1) is 7.76. The topological polar surface area (TPSA) is 74.5 Å². The Balaban J connectivity index is 2.55. The Labute approximate surface area is 92.0 Å². The van der Waals surface area contributed by atoms with Crippen LogP contribution in [0, 0.1) is 11.3 Å². The van der Waals surface area contributed by atoms with Crippen molar-refractivity contribution in [2.75, 3.05) is 0 Å². The molecule has 80 valence electrons. The minimum Gasteiger partial charge on any atom is -0.297 e. The van der Waals surface area contributed by atoms with Crippen LogP contribution < -0.4 is 5.56 Å². The van der Waals surface area contributed by atoms with Crippen molar-refractivity contribution in [1.29, 1.82) is 5.26 Å². The third-order valence-electron chi connectivity index (χ3n) is 2.33. The number of H-pyrrole nitrogens is 1. The molecular weight excluding hydrogens is 204 g/mol. The molecule has 2 heterocycles. The molecule has 0 bridgehead atoms. The minimum absolute atomic E-state index is 0.120. The minimum atomic E-state index is -0.120. The number of nitriles is 1. The Morgan fingerprint density at radius 3 is 3.06 bits per heavy atom. The van der Waals surface area contributed by atoms with Crippen LogP contribution in [0.1, 0.15) is 18.1 Å². The van der Waals surface area contributed by atoms with Crippen molar-refractivity contribution < 1.29 is 0 Å². The van der Waals surface area contributed by atoms with Gasteiger partial charge < -0.3 is 0 Å². The summed E-state index contributed by atoms with van der Waals surface area (Å²) in [4.78, 5) is 15.9. The highest BCUT2D eigenvalue weighted by atomic mass is 16.1. The zero-order valence-corrected chi connectivity index (χ0v) is 8.77. The molecule has 16 heavy (non-hydrogen) atoms. The monoisotopic (exact) mass is 214 g/mol. The normalized spacial score (nSPS) is 10.0. The van der Waals surface area contributed by atoms with Gasteiger partial charge in [0.05, 0.1) is 11.6 Å². The number of aromatic nitrogens is 3. The smallest absolute Gasteiger partial charge is 0.275 e. The molecule has 0 saturated carbocycles. The lowest BCUT2D eigenvalue weighted by Crippen LogP contribution is -2.18. The van der Waals surface area contributed by atoms with Crippen molar-refractivity contribution in [2.45, 2.75) is 13.3 Å². The summed E-state index contributed by atoms with van der Waals surface area (Å²) in [6.45, 7) is 1.91. The lowest BCUT2D eigenvalue weighted by Gasteiger charge is -1.99. The van der Waals surface area contributed by atoms with Gasteiger partial charge in [-0.15, -0.1) is 0 Å². The Morgan fingerprint density at radius 2 is 2.44 bits per heavy atom. The van der Waals surface area contributed by atoms with E-state index in [0.717, 1.165) is 0 Å². The predicted octanol–water partition coefficient (Wildman–Crippen LogP) is 0.995. The van der Waals surface area contributed by atoms with Crippen molar-refractivity contribution in [3.8, 4) is 11.9 Å². The van der Waals surface area contributed by atoms with Crippen molar-refractivity contribution in [3.63, 3.8) is 0 Å². The van der Waals surface area contributed by atoms with Crippen LogP contribution in [0.25, 0.3) is 5.82 Å². The highest BCUT2D eigenvalue weighted by molar-refractivity contribution is 5.35. The van der Waals surface area contributed by atoms with Gasteiger partial charge in [0.25, 0.3) is 5.56 Å². The zero-order valence-electron chi connectivity index (χ0n) is 8.77. The molecule has 0 aliphatic rings. The maximum absolute atomic E-state index is 11.8. The second-order valence-corrected chi connectivity index (χ2v) is 3.31. The van der Waals surface area contributed by atoms with Crippen LogP contribution in [0.2, 0.25) is 0 Å². The molecule has 0 atom stereocenters. The molecule has 0 radical (unpaired) electrons. The summed E-state index contributed by atoms with van der Waals surface area (Å²) >= 11 is 0. The highest BCUT2D eigenvalue weighted by Gasteiger charge is 2.07. The van der Waals surface area contributed by atoms with Gasteiger partial charge in [0.2, 0.25) is 0 Å². The van der Waals surface area contributed by atoms with E-state index in [0.29, 0.717) is 23.4 Å². The van der Waals surface area contributed by atoms with Gasteiger partial charge in [-0.3, -0.25) is 9.89 Å². The molecule has 0 saturated heterocycles. The number of aryl methyl sites for hydroxylation is 1. The van der Waals surface area contributed by atoms with E-state index in [-0.39, 0.29) is 5.56 Å².